The van der Waals surface area contributed by atoms with Crippen LogP contribution in [-0.2, 0) is 12.8 Å². The van der Waals surface area contributed by atoms with Gasteiger partial charge in [0.2, 0.25) is 0 Å². The molecular weight excluding hydrogens is 194 g/mol. The molecular formula is C15H23N. The Labute approximate surface area is 99.3 Å². The van der Waals surface area contributed by atoms with Crippen LogP contribution in [0, 0.1) is 11.3 Å². The fourth-order valence-electron chi connectivity index (χ4n) is 2.78. The van der Waals surface area contributed by atoms with Crippen LogP contribution in [-0.4, -0.2) is 4.98 Å². The minimum absolute atomic E-state index is 0.451. The third-order valence-electron chi connectivity index (χ3n) is 3.94. The number of hydrogen-bond acceptors (Lipinski definition) is 1. The van der Waals surface area contributed by atoms with Crippen LogP contribution in [0.3, 0.4) is 0 Å². The van der Waals surface area contributed by atoms with Crippen LogP contribution in [0.5, 0.6) is 0 Å². The first-order valence-corrected chi connectivity index (χ1v) is 6.50. The lowest BCUT2D eigenvalue weighted by Crippen LogP contribution is -2.23. The molecule has 0 aromatic carbocycles. The monoisotopic (exact) mass is 217 g/mol. The predicted octanol–water partition coefficient (Wildman–Crippen LogP) is 4.01. The molecule has 0 fully saturated rings. The highest BCUT2D eigenvalue weighted by atomic mass is 14.7. The molecule has 1 nitrogen and oxygen atoms in total. The molecule has 2 rings (SSSR count). The summed E-state index contributed by atoms with van der Waals surface area (Å²) in [6.45, 7) is 7.12. The SMILES string of the molecule is CC(C)(C)C1CCCc2cccnc2CC1. The van der Waals surface area contributed by atoms with Gasteiger partial charge in [0.15, 0.2) is 0 Å². The number of rotatable bonds is 0. The maximum Gasteiger partial charge on any atom is 0.0435 e. The first-order valence-electron chi connectivity index (χ1n) is 6.50. The Morgan fingerprint density at radius 3 is 2.75 bits per heavy atom. The van der Waals surface area contributed by atoms with Gasteiger partial charge in [-0.05, 0) is 55.1 Å². The van der Waals surface area contributed by atoms with E-state index < -0.39 is 0 Å². The Bertz CT molecular complexity index is 349. The average Bonchev–Trinajstić information content (AvgIpc) is 2.17. The maximum absolute atomic E-state index is 4.54. The molecule has 1 aliphatic carbocycles. The highest BCUT2D eigenvalue weighted by molar-refractivity contribution is 5.20. The zero-order chi connectivity index (χ0) is 11.6. The van der Waals surface area contributed by atoms with Gasteiger partial charge in [0, 0.05) is 11.9 Å². The molecule has 0 saturated heterocycles. The minimum Gasteiger partial charge on any atom is -0.261 e. The van der Waals surface area contributed by atoms with Crippen LogP contribution in [0.1, 0.15) is 51.3 Å². The van der Waals surface area contributed by atoms with Gasteiger partial charge in [-0.3, -0.25) is 4.98 Å². The molecule has 0 saturated carbocycles. The molecule has 0 spiro atoms. The van der Waals surface area contributed by atoms with Gasteiger partial charge in [-0.25, -0.2) is 0 Å². The van der Waals surface area contributed by atoms with Crippen LogP contribution < -0.4 is 0 Å². The quantitative estimate of drug-likeness (QED) is 0.640. The van der Waals surface area contributed by atoms with Gasteiger partial charge >= 0.3 is 0 Å². The zero-order valence-corrected chi connectivity index (χ0v) is 10.8. The third-order valence-corrected chi connectivity index (χ3v) is 3.94. The normalized spacial score (nSPS) is 22.1. The van der Waals surface area contributed by atoms with Crippen LogP contribution >= 0.6 is 0 Å². The summed E-state index contributed by atoms with van der Waals surface area (Å²) in [4.78, 5) is 4.54. The predicted molar refractivity (Wildman–Crippen MR) is 68.4 cm³/mol. The second-order valence-corrected chi connectivity index (χ2v) is 6.10. The van der Waals surface area contributed by atoms with E-state index in [1.807, 2.05) is 6.20 Å². The number of fused-ring (bicyclic) bond motifs is 1. The van der Waals surface area contributed by atoms with E-state index in [0.717, 1.165) is 12.3 Å². The molecule has 1 heteroatoms. The van der Waals surface area contributed by atoms with Gasteiger partial charge in [-0.2, -0.15) is 0 Å². The van der Waals surface area contributed by atoms with E-state index in [1.165, 1.54) is 36.9 Å². The fourth-order valence-corrected chi connectivity index (χ4v) is 2.78. The Morgan fingerprint density at radius 2 is 2.00 bits per heavy atom. The van der Waals surface area contributed by atoms with Crippen molar-refractivity contribution in [2.75, 3.05) is 0 Å². The molecule has 16 heavy (non-hydrogen) atoms. The molecule has 1 aromatic rings. The lowest BCUT2D eigenvalue weighted by molar-refractivity contribution is 0.205. The van der Waals surface area contributed by atoms with Crippen LogP contribution in [0.2, 0.25) is 0 Å². The van der Waals surface area contributed by atoms with Crippen molar-refractivity contribution in [2.45, 2.75) is 52.9 Å². The second-order valence-electron chi connectivity index (χ2n) is 6.10. The lowest BCUT2D eigenvalue weighted by Gasteiger charge is -2.32. The largest absolute Gasteiger partial charge is 0.261 e. The standard InChI is InChI=1S/C15H23N/c1-15(2,3)13-8-4-6-12-7-5-11-16-14(12)10-9-13/h5,7,11,13H,4,6,8-10H2,1-3H3. The van der Waals surface area contributed by atoms with Gasteiger partial charge in [0.1, 0.15) is 0 Å². The summed E-state index contributed by atoms with van der Waals surface area (Å²) in [5, 5.41) is 0. The van der Waals surface area contributed by atoms with Crippen molar-refractivity contribution in [3.8, 4) is 0 Å². The molecule has 0 N–H and O–H groups in total. The van der Waals surface area contributed by atoms with Crippen LogP contribution in [0.15, 0.2) is 18.3 Å². The summed E-state index contributed by atoms with van der Waals surface area (Å²) in [6.07, 6.45) is 8.31. The second kappa shape index (κ2) is 4.57. The molecule has 0 bridgehead atoms. The number of aromatic nitrogens is 1. The first-order chi connectivity index (χ1) is 7.57. The van der Waals surface area contributed by atoms with Crippen molar-refractivity contribution in [1.29, 1.82) is 0 Å². The topological polar surface area (TPSA) is 12.9 Å². The molecule has 1 heterocycles. The molecule has 1 atom stereocenters. The third kappa shape index (κ3) is 2.63. The van der Waals surface area contributed by atoms with Crippen LogP contribution in [0.4, 0.5) is 0 Å². The molecule has 0 aliphatic heterocycles. The zero-order valence-electron chi connectivity index (χ0n) is 10.8. The van der Waals surface area contributed by atoms with Gasteiger partial charge in [-0.15, -0.1) is 0 Å². The summed E-state index contributed by atoms with van der Waals surface area (Å²) >= 11 is 0. The highest BCUT2D eigenvalue weighted by Crippen LogP contribution is 2.35. The van der Waals surface area contributed by atoms with Gasteiger partial charge in [0.25, 0.3) is 0 Å². The van der Waals surface area contributed by atoms with Crippen molar-refractivity contribution < 1.29 is 0 Å². The maximum atomic E-state index is 4.54. The Balaban J connectivity index is 2.13. The van der Waals surface area contributed by atoms with Crippen molar-refractivity contribution in [2.24, 2.45) is 11.3 Å². The van der Waals surface area contributed by atoms with Gasteiger partial charge in [0.05, 0.1) is 0 Å². The fraction of sp³-hybridized carbons (Fsp3) is 0.667. The van der Waals surface area contributed by atoms with Gasteiger partial charge in [-0.1, -0.05) is 26.8 Å². The molecule has 88 valence electrons. The number of hydrogen-bond donors (Lipinski definition) is 0. The van der Waals surface area contributed by atoms with E-state index in [-0.39, 0.29) is 0 Å². The highest BCUT2D eigenvalue weighted by Gasteiger charge is 2.25. The van der Waals surface area contributed by atoms with Gasteiger partial charge < -0.3 is 0 Å². The number of pyridine rings is 1. The lowest BCUT2D eigenvalue weighted by atomic mass is 9.74. The Hall–Kier alpha value is -0.850. The van der Waals surface area contributed by atoms with E-state index in [4.69, 9.17) is 0 Å². The number of nitrogens with zero attached hydrogens (tertiary/aromatic N) is 1. The van der Waals surface area contributed by atoms with E-state index in [0.29, 0.717) is 5.41 Å². The summed E-state index contributed by atoms with van der Waals surface area (Å²) in [7, 11) is 0. The van der Waals surface area contributed by atoms with Crippen molar-refractivity contribution in [3.63, 3.8) is 0 Å². The van der Waals surface area contributed by atoms with E-state index >= 15 is 0 Å². The molecule has 1 unspecified atom stereocenters. The summed E-state index contributed by atoms with van der Waals surface area (Å²) in [6, 6.07) is 4.32. The minimum atomic E-state index is 0.451. The number of aryl methyl sites for hydroxylation is 2. The van der Waals surface area contributed by atoms with E-state index in [1.54, 1.807) is 0 Å². The van der Waals surface area contributed by atoms with Crippen LogP contribution in [0.25, 0.3) is 0 Å². The molecule has 1 aromatic heterocycles. The van der Waals surface area contributed by atoms with Crippen molar-refractivity contribution in [1.82, 2.24) is 4.98 Å². The Kier molecular flexibility index (Phi) is 3.32. The smallest absolute Gasteiger partial charge is 0.0435 e. The average molecular weight is 217 g/mol. The summed E-state index contributed by atoms with van der Waals surface area (Å²) in [5.41, 5.74) is 3.28. The van der Waals surface area contributed by atoms with E-state index in [2.05, 4.69) is 37.9 Å². The Morgan fingerprint density at radius 1 is 1.19 bits per heavy atom. The van der Waals surface area contributed by atoms with Crippen molar-refractivity contribution in [3.05, 3.63) is 29.6 Å². The molecule has 0 amide bonds. The summed E-state index contributed by atoms with van der Waals surface area (Å²) in [5.74, 6) is 0.850. The molecule has 0 radical (unpaired) electrons. The van der Waals surface area contributed by atoms with E-state index in [9.17, 15) is 0 Å². The summed E-state index contributed by atoms with van der Waals surface area (Å²) < 4.78 is 0. The first kappa shape index (κ1) is 11.6. The van der Waals surface area contributed by atoms with Crippen molar-refractivity contribution >= 4 is 0 Å². The molecule has 1 aliphatic rings.